The van der Waals surface area contributed by atoms with Gasteiger partial charge in [0.25, 0.3) is 0 Å². The molecule has 7 heteroatoms. The van der Waals surface area contributed by atoms with Crippen LogP contribution in [-0.4, -0.2) is 39.7 Å². The second-order valence-electron chi connectivity index (χ2n) is 4.75. The average molecular weight is 268 g/mol. The van der Waals surface area contributed by atoms with E-state index < -0.39 is 18.0 Å². The lowest BCUT2D eigenvalue weighted by Crippen LogP contribution is -2.47. The molecule has 0 saturated carbocycles. The second-order valence-corrected chi connectivity index (χ2v) is 4.75. The molecular weight excluding hydrogens is 248 g/mol. The molecule has 0 spiro atoms. The van der Waals surface area contributed by atoms with Gasteiger partial charge in [0.2, 0.25) is 0 Å². The summed E-state index contributed by atoms with van der Waals surface area (Å²) in [4.78, 5) is 29.3. The van der Waals surface area contributed by atoms with Crippen LogP contribution in [0.25, 0.3) is 0 Å². The second kappa shape index (κ2) is 7.40. The summed E-state index contributed by atoms with van der Waals surface area (Å²) in [6, 6.07) is -1.32. The first-order chi connectivity index (χ1) is 8.99. The van der Waals surface area contributed by atoms with Crippen molar-refractivity contribution in [3.05, 3.63) is 18.2 Å². The highest BCUT2D eigenvalue weighted by Crippen LogP contribution is 2.04. The summed E-state index contributed by atoms with van der Waals surface area (Å²) in [5.74, 6) is -0.816. The first-order valence-corrected chi connectivity index (χ1v) is 6.23. The number of urea groups is 1. The molecule has 1 unspecified atom stereocenters. The molecule has 1 aromatic heterocycles. The fourth-order valence-corrected chi connectivity index (χ4v) is 1.63. The third-order valence-corrected chi connectivity index (χ3v) is 2.55. The zero-order valence-electron chi connectivity index (χ0n) is 11.1. The minimum atomic E-state index is -1.02. The van der Waals surface area contributed by atoms with Crippen molar-refractivity contribution in [1.29, 1.82) is 0 Å². The smallest absolute Gasteiger partial charge is 0.326 e. The molecule has 0 fully saturated rings. The molecule has 106 valence electrons. The zero-order chi connectivity index (χ0) is 14.3. The normalized spacial score (nSPS) is 12.2. The van der Waals surface area contributed by atoms with E-state index in [1.165, 1.54) is 0 Å². The number of carboxylic acid groups (broad SMARTS) is 1. The van der Waals surface area contributed by atoms with E-state index >= 15 is 0 Å². The van der Waals surface area contributed by atoms with Crippen molar-refractivity contribution < 1.29 is 14.7 Å². The van der Waals surface area contributed by atoms with Gasteiger partial charge in [0.1, 0.15) is 6.04 Å². The van der Waals surface area contributed by atoms with E-state index in [9.17, 15) is 9.59 Å². The average Bonchev–Trinajstić information content (AvgIpc) is 2.80. The zero-order valence-corrected chi connectivity index (χ0v) is 11.1. The van der Waals surface area contributed by atoms with Gasteiger partial charge in [-0.3, -0.25) is 0 Å². The molecule has 19 heavy (non-hydrogen) atoms. The number of hydrogen-bond acceptors (Lipinski definition) is 3. The molecule has 0 radical (unpaired) electrons. The Kier molecular flexibility index (Phi) is 5.84. The number of aromatic amines is 1. The third-order valence-electron chi connectivity index (χ3n) is 2.55. The Bertz CT molecular complexity index is 403. The Balaban J connectivity index is 2.30. The molecule has 0 aliphatic rings. The van der Waals surface area contributed by atoms with Crippen LogP contribution in [0.5, 0.6) is 0 Å². The van der Waals surface area contributed by atoms with E-state index in [0.717, 1.165) is 5.69 Å². The quantitative estimate of drug-likeness (QED) is 0.585. The Morgan fingerprint density at radius 1 is 1.47 bits per heavy atom. The van der Waals surface area contributed by atoms with Crippen LogP contribution in [0, 0.1) is 5.92 Å². The molecule has 4 N–H and O–H groups in total. The monoisotopic (exact) mass is 268 g/mol. The summed E-state index contributed by atoms with van der Waals surface area (Å²) < 4.78 is 0. The number of aliphatic carboxylic acids is 1. The standard InChI is InChI=1S/C12H20N4O3/c1-8(2)5-10(11(17)18)16-12(19)14-4-3-9-6-13-7-15-9/h6-8,10H,3-5H2,1-2H3,(H,13,15)(H,17,18)(H2,14,16,19). The molecule has 0 aromatic carbocycles. The number of imidazole rings is 1. The van der Waals surface area contributed by atoms with Crippen LogP contribution in [0.3, 0.4) is 0 Å². The van der Waals surface area contributed by atoms with E-state index in [2.05, 4.69) is 20.6 Å². The van der Waals surface area contributed by atoms with Crippen molar-refractivity contribution in [2.24, 2.45) is 5.92 Å². The van der Waals surface area contributed by atoms with E-state index in [0.29, 0.717) is 19.4 Å². The molecule has 0 bridgehead atoms. The summed E-state index contributed by atoms with van der Waals surface area (Å²) in [6.07, 6.45) is 4.27. The number of H-pyrrole nitrogens is 1. The lowest BCUT2D eigenvalue weighted by molar-refractivity contribution is -0.139. The molecular formula is C12H20N4O3. The molecule has 2 amide bonds. The van der Waals surface area contributed by atoms with Gasteiger partial charge in [-0.25, -0.2) is 14.6 Å². The predicted molar refractivity (Wildman–Crippen MR) is 69.7 cm³/mol. The number of carbonyl (C=O) groups is 2. The van der Waals surface area contributed by atoms with Crippen LogP contribution in [0.4, 0.5) is 4.79 Å². The molecule has 0 aliphatic heterocycles. The highest BCUT2D eigenvalue weighted by Gasteiger charge is 2.20. The van der Waals surface area contributed by atoms with Gasteiger partial charge in [0.05, 0.1) is 6.33 Å². The van der Waals surface area contributed by atoms with Gasteiger partial charge in [0.15, 0.2) is 0 Å². The molecule has 0 aliphatic carbocycles. The number of hydrogen-bond donors (Lipinski definition) is 4. The fraction of sp³-hybridized carbons (Fsp3) is 0.583. The number of aromatic nitrogens is 2. The van der Waals surface area contributed by atoms with Gasteiger partial charge in [-0.1, -0.05) is 13.8 Å². The van der Waals surface area contributed by atoms with E-state index in [-0.39, 0.29) is 5.92 Å². The number of amides is 2. The highest BCUT2D eigenvalue weighted by atomic mass is 16.4. The third kappa shape index (κ3) is 5.89. The summed E-state index contributed by atoms with van der Waals surface area (Å²) in [6.45, 7) is 4.24. The molecule has 1 atom stereocenters. The van der Waals surface area contributed by atoms with Gasteiger partial charge >= 0.3 is 12.0 Å². The lowest BCUT2D eigenvalue weighted by Gasteiger charge is -2.16. The molecule has 0 saturated heterocycles. The number of carbonyl (C=O) groups excluding carboxylic acids is 1. The molecule has 1 rings (SSSR count). The van der Waals surface area contributed by atoms with Gasteiger partial charge in [-0.15, -0.1) is 0 Å². The van der Waals surface area contributed by atoms with Gasteiger partial charge < -0.3 is 20.7 Å². The Hall–Kier alpha value is -2.05. The van der Waals surface area contributed by atoms with Gasteiger partial charge in [-0.05, 0) is 12.3 Å². The van der Waals surface area contributed by atoms with Crippen LogP contribution in [0.1, 0.15) is 26.0 Å². The highest BCUT2D eigenvalue weighted by molar-refractivity contribution is 5.82. The van der Waals surface area contributed by atoms with Crippen LogP contribution in [-0.2, 0) is 11.2 Å². The van der Waals surface area contributed by atoms with Crippen molar-refractivity contribution in [3.8, 4) is 0 Å². The largest absolute Gasteiger partial charge is 0.480 e. The Morgan fingerprint density at radius 2 is 2.21 bits per heavy atom. The SMILES string of the molecule is CC(C)CC(NC(=O)NCCc1cnc[nH]1)C(=O)O. The van der Waals surface area contributed by atoms with E-state index in [1.54, 1.807) is 12.5 Å². The summed E-state index contributed by atoms with van der Waals surface area (Å²) >= 11 is 0. The first-order valence-electron chi connectivity index (χ1n) is 6.23. The summed E-state index contributed by atoms with van der Waals surface area (Å²) in [7, 11) is 0. The van der Waals surface area contributed by atoms with Crippen LogP contribution >= 0.6 is 0 Å². The fourth-order valence-electron chi connectivity index (χ4n) is 1.63. The number of carboxylic acids is 1. The number of nitrogens with one attached hydrogen (secondary N) is 3. The minimum absolute atomic E-state index is 0.200. The topological polar surface area (TPSA) is 107 Å². The molecule has 1 heterocycles. The van der Waals surface area contributed by atoms with E-state index in [1.807, 2.05) is 13.8 Å². The van der Waals surface area contributed by atoms with Crippen molar-refractivity contribution in [3.63, 3.8) is 0 Å². The van der Waals surface area contributed by atoms with Crippen molar-refractivity contribution >= 4 is 12.0 Å². The Morgan fingerprint density at radius 3 is 2.74 bits per heavy atom. The van der Waals surface area contributed by atoms with Gasteiger partial charge in [0, 0.05) is 24.9 Å². The Labute approximate surface area is 111 Å². The molecule has 1 aromatic rings. The number of rotatable bonds is 7. The van der Waals surface area contributed by atoms with Crippen molar-refractivity contribution in [1.82, 2.24) is 20.6 Å². The van der Waals surface area contributed by atoms with Gasteiger partial charge in [-0.2, -0.15) is 0 Å². The summed E-state index contributed by atoms with van der Waals surface area (Å²) in [5, 5.41) is 14.1. The van der Waals surface area contributed by atoms with E-state index in [4.69, 9.17) is 5.11 Å². The first kappa shape index (κ1) is 15.0. The van der Waals surface area contributed by atoms with Crippen LogP contribution in [0.15, 0.2) is 12.5 Å². The molecule has 7 nitrogen and oxygen atoms in total. The number of nitrogens with zero attached hydrogens (tertiary/aromatic N) is 1. The lowest BCUT2D eigenvalue weighted by atomic mass is 10.0. The maximum Gasteiger partial charge on any atom is 0.326 e. The van der Waals surface area contributed by atoms with Crippen molar-refractivity contribution in [2.75, 3.05) is 6.54 Å². The van der Waals surface area contributed by atoms with Crippen LogP contribution < -0.4 is 10.6 Å². The minimum Gasteiger partial charge on any atom is -0.480 e. The maximum atomic E-state index is 11.6. The van der Waals surface area contributed by atoms with Crippen LogP contribution in [0.2, 0.25) is 0 Å². The van der Waals surface area contributed by atoms with Crippen molar-refractivity contribution in [2.45, 2.75) is 32.7 Å². The predicted octanol–water partition coefficient (Wildman–Crippen LogP) is 0.751. The maximum absolute atomic E-state index is 11.6. The summed E-state index contributed by atoms with van der Waals surface area (Å²) in [5.41, 5.74) is 0.914.